The molecule has 0 bridgehead atoms. The van der Waals surface area contributed by atoms with Crippen LogP contribution in [0, 0.1) is 0 Å². The maximum Gasteiger partial charge on any atom is 0.297 e. The molecule has 3 rings (SSSR count). The first-order valence-corrected chi connectivity index (χ1v) is 6.76. The molecule has 0 unspecified atom stereocenters. The van der Waals surface area contributed by atoms with E-state index in [1.807, 2.05) is 0 Å². The largest absolute Gasteiger partial charge is 0.297 e. The first-order chi connectivity index (χ1) is 11.6. The Morgan fingerprint density at radius 3 is 2.42 bits per heavy atom. The van der Waals surface area contributed by atoms with Gasteiger partial charge in [-0.2, -0.15) is 0 Å². The van der Waals surface area contributed by atoms with Crippen LogP contribution < -0.4 is 10.1 Å². The molecule has 24 heavy (non-hydrogen) atoms. The smallest absolute Gasteiger partial charge is 0.296 e. The van der Waals surface area contributed by atoms with E-state index < -0.39 is 5.91 Å². The van der Waals surface area contributed by atoms with Gasteiger partial charge in [0.25, 0.3) is 5.91 Å². The summed E-state index contributed by atoms with van der Waals surface area (Å²) in [6.07, 6.45) is 3.10. The lowest BCUT2D eigenvalue weighted by Gasteiger charge is -2.30. The molecule has 2 N–H and O–H groups in total. The van der Waals surface area contributed by atoms with E-state index in [0.29, 0.717) is 16.4 Å². The summed E-state index contributed by atoms with van der Waals surface area (Å²) >= 11 is 0. The molecule has 0 fully saturated rings. The highest BCUT2D eigenvalue weighted by Gasteiger charge is 2.29. The van der Waals surface area contributed by atoms with E-state index in [0.717, 1.165) is 0 Å². The van der Waals surface area contributed by atoms with Crippen LogP contribution in [0.15, 0.2) is 70.5 Å². The summed E-state index contributed by atoms with van der Waals surface area (Å²) < 4.78 is 0. The van der Waals surface area contributed by atoms with Crippen molar-refractivity contribution in [3.8, 4) is 0 Å². The molecule has 0 spiro atoms. The minimum atomic E-state index is -0.711. The summed E-state index contributed by atoms with van der Waals surface area (Å²) in [7, 11) is 0. The third-order valence-electron chi connectivity index (χ3n) is 3.25. The van der Waals surface area contributed by atoms with Gasteiger partial charge in [-0.25, -0.2) is 10.1 Å². The van der Waals surface area contributed by atoms with Crippen LogP contribution in [0.5, 0.6) is 0 Å². The van der Waals surface area contributed by atoms with Crippen LogP contribution in [0.3, 0.4) is 0 Å². The van der Waals surface area contributed by atoms with Crippen molar-refractivity contribution in [2.75, 3.05) is 10.1 Å². The molecule has 120 valence electrons. The number of rotatable bonds is 3. The van der Waals surface area contributed by atoms with E-state index in [1.165, 1.54) is 30.6 Å². The fraction of sp³-hybridized carbons (Fsp3) is 0. The minimum Gasteiger partial charge on any atom is -0.296 e. The Kier molecular flexibility index (Phi) is 4.10. The standard InChI is InChI=1S/C15H11N5O4/c21-9-13-14(17-18-15(22)10-4-3-7-16-8-10)20(24)12-6-2-1-5-11(12)19(13)23/h1-9,23-24H. The summed E-state index contributed by atoms with van der Waals surface area (Å²) in [6, 6.07) is 9.29. The first-order valence-electron chi connectivity index (χ1n) is 6.76. The van der Waals surface area contributed by atoms with Gasteiger partial charge >= 0.3 is 0 Å². The van der Waals surface area contributed by atoms with Gasteiger partial charge in [-0.15, -0.1) is 10.2 Å². The fourth-order valence-electron chi connectivity index (χ4n) is 2.11. The maximum absolute atomic E-state index is 11.9. The Balaban J connectivity index is 1.98. The number of pyridine rings is 1. The van der Waals surface area contributed by atoms with Gasteiger partial charge in [0.05, 0.1) is 16.9 Å². The molecule has 2 aromatic rings. The van der Waals surface area contributed by atoms with Crippen molar-refractivity contribution in [1.29, 1.82) is 0 Å². The third kappa shape index (κ3) is 2.64. The van der Waals surface area contributed by atoms with Gasteiger partial charge in [0.1, 0.15) is 0 Å². The quantitative estimate of drug-likeness (QED) is 0.655. The summed E-state index contributed by atoms with van der Waals surface area (Å²) in [5, 5.41) is 28.5. The number of benzene rings is 1. The SMILES string of the molecule is O=CC1=C(N=NC(=O)c2cccnc2)N(O)c2ccccc2N1O. The van der Waals surface area contributed by atoms with E-state index in [4.69, 9.17) is 0 Å². The zero-order valence-electron chi connectivity index (χ0n) is 12.1. The van der Waals surface area contributed by atoms with E-state index in [2.05, 4.69) is 15.2 Å². The molecule has 1 aliphatic heterocycles. The highest BCUT2D eigenvalue weighted by molar-refractivity contribution is 5.94. The van der Waals surface area contributed by atoms with Crippen LogP contribution in [0.2, 0.25) is 0 Å². The Hall–Kier alpha value is -3.43. The second-order valence-electron chi connectivity index (χ2n) is 4.69. The second kappa shape index (κ2) is 6.36. The number of fused-ring (bicyclic) bond motifs is 1. The highest BCUT2D eigenvalue weighted by Crippen LogP contribution is 2.37. The van der Waals surface area contributed by atoms with E-state index in [9.17, 15) is 20.0 Å². The molecule has 1 amide bonds. The topological polar surface area (TPSA) is 119 Å². The van der Waals surface area contributed by atoms with Gasteiger partial charge in [-0.05, 0) is 24.3 Å². The molecule has 0 saturated heterocycles. The van der Waals surface area contributed by atoms with Crippen molar-refractivity contribution in [3.05, 3.63) is 65.9 Å². The molecule has 0 saturated carbocycles. The summed E-state index contributed by atoms with van der Waals surface area (Å²) in [5.41, 5.74) is 0.183. The number of para-hydroxylation sites is 2. The lowest BCUT2D eigenvalue weighted by Crippen LogP contribution is -2.33. The van der Waals surface area contributed by atoms with E-state index in [-0.39, 0.29) is 28.5 Å². The molecule has 0 atom stereocenters. The summed E-state index contributed by atoms with van der Waals surface area (Å²) in [4.78, 5) is 27.0. The van der Waals surface area contributed by atoms with Crippen molar-refractivity contribution in [2.24, 2.45) is 10.2 Å². The predicted octanol–water partition coefficient (Wildman–Crippen LogP) is 2.15. The summed E-state index contributed by atoms with van der Waals surface area (Å²) in [5.74, 6) is -1.10. The molecular weight excluding hydrogens is 314 g/mol. The average molecular weight is 325 g/mol. The highest BCUT2D eigenvalue weighted by atomic mass is 16.5. The Bertz CT molecular complexity index is 850. The van der Waals surface area contributed by atoms with Crippen LogP contribution in [0.4, 0.5) is 11.4 Å². The maximum atomic E-state index is 11.9. The molecule has 0 aliphatic carbocycles. The zero-order chi connectivity index (χ0) is 17.1. The molecule has 1 aliphatic rings. The lowest BCUT2D eigenvalue weighted by molar-refractivity contribution is -0.105. The number of hydrogen-bond donors (Lipinski definition) is 2. The van der Waals surface area contributed by atoms with Crippen molar-refractivity contribution in [1.82, 2.24) is 4.98 Å². The Morgan fingerprint density at radius 1 is 1.08 bits per heavy atom. The number of hydrogen-bond acceptors (Lipinski definition) is 8. The predicted molar refractivity (Wildman–Crippen MR) is 81.5 cm³/mol. The molecular formula is C15H11N5O4. The van der Waals surface area contributed by atoms with Gasteiger partial charge in [0.2, 0.25) is 5.82 Å². The number of aldehydes is 1. The number of nitrogens with zero attached hydrogens (tertiary/aromatic N) is 5. The molecule has 1 aromatic heterocycles. The molecule has 9 heteroatoms. The van der Waals surface area contributed by atoms with Crippen molar-refractivity contribution in [3.63, 3.8) is 0 Å². The fourth-order valence-corrected chi connectivity index (χ4v) is 2.11. The van der Waals surface area contributed by atoms with Gasteiger partial charge in [0, 0.05) is 12.4 Å². The van der Waals surface area contributed by atoms with Crippen molar-refractivity contribution in [2.45, 2.75) is 0 Å². The Morgan fingerprint density at radius 2 is 1.79 bits per heavy atom. The number of allylic oxidation sites excluding steroid dienone is 1. The number of carbonyl (C=O) groups is 2. The van der Waals surface area contributed by atoms with Crippen molar-refractivity contribution < 1.29 is 20.0 Å². The molecule has 9 nitrogen and oxygen atoms in total. The third-order valence-corrected chi connectivity index (χ3v) is 3.25. The number of amides is 1. The van der Waals surface area contributed by atoms with Crippen LogP contribution in [-0.2, 0) is 4.79 Å². The molecule has 1 aromatic carbocycles. The number of carbonyl (C=O) groups excluding carboxylic acids is 2. The number of aromatic nitrogens is 1. The normalized spacial score (nSPS) is 14.1. The second-order valence-corrected chi connectivity index (χ2v) is 4.69. The van der Waals surface area contributed by atoms with E-state index in [1.54, 1.807) is 18.2 Å². The van der Waals surface area contributed by atoms with E-state index >= 15 is 0 Å². The van der Waals surface area contributed by atoms with Gasteiger partial charge < -0.3 is 0 Å². The lowest BCUT2D eigenvalue weighted by atomic mass is 10.2. The van der Waals surface area contributed by atoms with Gasteiger partial charge in [0.15, 0.2) is 12.0 Å². The average Bonchev–Trinajstić information content (AvgIpc) is 2.64. The number of hydroxylamine groups is 2. The molecule has 0 radical (unpaired) electrons. The molecule has 2 heterocycles. The monoisotopic (exact) mass is 325 g/mol. The van der Waals surface area contributed by atoms with Crippen LogP contribution in [-0.4, -0.2) is 27.6 Å². The zero-order valence-corrected chi connectivity index (χ0v) is 12.1. The summed E-state index contributed by atoms with van der Waals surface area (Å²) in [6.45, 7) is 0. The Labute approximate surface area is 135 Å². The van der Waals surface area contributed by atoms with Crippen molar-refractivity contribution >= 4 is 23.6 Å². The minimum absolute atomic E-state index is 0.174. The number of anilines is 2. The van der Waals surface area contributed by atoms with Gasteiger partial charge in [-0.1, -0.05) is 12.1 Å². The van der Waals surface area contributed by atoms with Crippen LogP contribution in [0.25, 0.3) is 0 Å². The van der Waals surface area contributed by atoms with Crippen LogP contribution >= 0.6 is 0 Å². The van der Waals surface area contributed by atoms with Crippen LogP contribution in [0.1, 0.15) is 10.4 Å². The van der Waals surface area contributed by atoms with Gasteiger partial charge in [-0.3, -0.25) is 25.0 Å². The number of azo groups is 1. The first kappa shape index (κ1) is 15.5.